The maximum absolute atomic E-state index is 12.4. The van der Waals surface area contributed by atoms with Crippen LogP contribution in [0.4, 0.5) is 0 Å². The molecule has 1 unspecified atom stereocenters. The summed E-state index contributed by atoms with van der Waals surface area (Å²) in [5.41, 5.74) is 3.49. The maximum Gasteiger partial charge on any atom is 0.260 e. The van der Waals surface area contributed by atoms with Gasteiger partial charge in [-0.1, -0.05) is 38.1 Å². The molecule has 0 fully saturated rings. The number of ether oxygens (including phenoxy) is 2. The van der Waals surface area contributed by atoms with Crippen molar-refractivity contribution in [3.8, 4) is 11.5 Å². The van der Waals surface area contributed by atoms with Crippen LogP contribution < -0.4 is 14.8 Å². The van der Waals surface area contributed by atoms with Crippen molar-refractivity contribution in [2.45, 2.75) is 59.5 Å². The van der Waals surface area contributed by atoms with E-state index in [1.807, 2.05) is 32.0 Å². The molecule has 0 spiro atoms. The Morgan fingerprint density at radius 3 is 2.43 bits per heavy atom. The molecule has 0 aliphatic heterocycles. The fourth-order valence-corrected chi connectivity index (χ4v) is 3.03. The predicted molar refractivity (Wildman–Crippen MR) is 114 cm³/mol. The molecule has 0 aromatic heterocycles. The van der Waals surface area contributed by atoms with E-state index in [1.165, 1.54) is 5.56 Å². The summed E-state index contributed by atoms with van der Waals surface area (Å²) in [7, 11) is 0. The Kier molecular flexibility index (Phi) is 8.37. The van der Waals surface area contributed by atoms with E-state index < -0.39 is 6.10 Å². The fourth-order valence-electron chi connectivity index (χ4n) is 3.03. The highest BCUT2D eigenvalue weighted by atomic mass is 16.5. The molecule has 1 atom stereocenters. The molecular formula is C24H33NO3. The number of aryl methyl sites for hydroxylation is 2. The van der Waals surface area contributed by atoms with Gasteiger partial charge in [0, 0.05) is 6.54 Å². The monoisotopic (exact) mass is 383 g/mol. The van der Waals surface area contributed by atoms with Crippen LogP contribution in [0.2, 0.25) is 0 Å². The molecule has 0 aliphatic rings. The number of nitrogens with one attached hydrogen (secondary N) is 1. The Morgan fingerprint density at radius 2 is 1.79 bits per heavy atom. The molecule has 0 aliphatic carbocycles. The van der Waals surface area contributed by atoms with Gasteiger partial charge in [-0.15, -0.1) is 0 Å². The zero-order valence-corrected chi connectivity index (χ0v) is 17.7. The number of carbonyl (C=O) groups is 1. The Hall–Kier alpha value is -2.49. The van der Waals surface area contributed by atoms with Crippen LogP contribution in [-0.4, -0.2) is 25.2 Å². The highest BCUT2D eigenvalue weighted by Crippen LogP contribution is 2.28. The lowest BCUT2D eigenvalue weighted by Gasteiger charge is -2.19. The molecule has 4 heteroatoms. The third-order valence-electron chi connectivity index (χ3n) is 4.64. The first-order valence-electron chi connectivity index (χ1n) is 10.2. The molecular weight excluding hydrogens is 350 g/mol. The van der Waals surface area contributed by atoms with E-state index in [9.17, 15) is 4.79 Å². The first-order valence-corrected chi connectivity index (χ1v) is 10.2. The normalized spacial score (nSPS) is 11.9. The average Bonchev–Trinajstić information content (AvgIpc) is 2.66. The summed E-state index contributed by atoms with van der Waals surface area (Å²) >= 11 is 0. The van der Waals surface area contributed by atoms with E-state index in [4.69, 9.17) is 9.47 Å². The second kappa shape index (κ2) is 10.7. The molecule has 0 radical (unpaired) electrons. The topological polar surface area (TPSA) is 47.6 Å². The lowest BCUT2D eigenvalue weighted by atomic mass is 10.0. The third-order valence-corrected chi connectivity index (χ3v) is 4.64. The van der Waals surface area contributed by atoms with Crippen molar-refractivity contribution < 1.29 is 14.3 Å². The van der Waals surface area contributed by atoms with Gasteiger partial charge >= 0.3 is 0 Å². The molecule has 28 heavy (non-hydrogen) atoms. The number of carbonyl (C=O) groups excluding carboxylic acids is 1. The number of benzene rings is 2. The highest BCUT2D eigenvalue weighted by Gasteiger charge is 2.17. The van der Waals surface area contributed by atoms with Gasteiger partial charge in [0.1, 0.15) is 11.5 Å². The summed E-state index contributed by atoms with van der Waals surface area (Å²) in [6, 6.07) is 14.3. The Bertz CT molecular complexity index is 753. The van der Waals surface area contributed by atoms with Gasteiger partial charge < -0.3 is 14.8 Å². The smallest absolute Gasteiger partial charge is 0.260 e. The van der Waals surface area contributed by atoms with Crippen LogP contribution in [-0.2, 0) is 11.2 Å². The number of rotatable bonds is 10. The second-order valence-corrected chi connectivity index (χ2v) is 7.43. The quantitative estimate of drug-likeness (QED) is 0.585. The lowest BCUT2D eigenvalue weighted by molar-refractivity contribution is -0.127. The van der Waals surface area contributed by atoms with Crippen LogP contribution in [0.5, 0.6) is 11.5 Å². The van der Waals surface area contributed by atoms with Gasteiger partial charge in [-0.2, -0.15) is 0 Å². The van der Waals surface area contributed by atoms with E-state index >= 15 is 0 Å². The van der Waals surface area contributed by atoms with E-state index in [0.717, 1.165) is 35.5 Å². The van der Waals surface area contributed by atoms with Gasteiger partial charge in [-0.05, 0) is 74.4 Å². The first kappa shape index (κ1) is 21.8. The largest absolute Gasteiger partial charge is 0.494 e. The molecule has 1 N–H and O–H groups in total. The van der Waals surface area contributed by atoms with Crippen molar-refractivity contribution in [1.82, 2.24) is 5.32 Å². The van der Waals surface area contributed by atoms with Crippen LogP contribution in [0.25, 0.3) is 0 Å². The minimum atomic E-state index is -0.523. The van der Waals surface area contributed by atoms with Crippen LogP contribution in [0.15, 0.2) is 42.5 Å². The van der Waals surface area contributed by atoms with Crippen LogP contribution >= 0.6 is 0 Å². The van der Waals surface area contributed by atoms with Gasteiger partial charge in [0.05, 0.1) is 6.61 Å². The molecule has 4 nitrogen and oxygen atoms in total. The molecule has 2 rings (SSSR count). The van der Waals surface area contributed by atoms with Gasteiger partial charge in [0.2, 0.25) is 0 Å². The predicted octanol–water partition coefficient (Wildman–Crippen LogP) is 5.03. The molecule has 0 saturated carbocycles. The molecule has 0 heterocycles. The number of hydrogen-bond acceptors (Lipinski definition) is 3. The summed E-state index contributed by atoms with van der Waals surface area (Å²) in [5, 5.41) is 2.98. The van der Waals surface area contributed by atoms with Crippen molar-refractivity contribution in [1.29, 1.82) is 0 Å². The third kappa shape index (κ3) is 6.59. The summed E-state index contributed by atoms with van der Waals surface area (Å²) in [6.07, 6.45) is 1.27. The van der Waals surface area contributed by atoms with Gasteiger partial charge in [-0.3, -0.25) is 4.79 Å². The Morgan fingerprint density at radius 1 is 1.07 bits per heavy atom. The molecule has 0 saturated heterocycles. The SMILES string of the molecule is CCOc1ccc(CCCNC(=O)C(C)Oc2cc(C)ccc2C(C)C)cc1. The molecule has 0 bridgehead atoms. The van der Waals surface area contributed by atoms with Crippen molar-refractivity contribution in [3.05, 3.63) is 59.2 Å². The Labute approximate surface area is 169 Å². The van der Waals surface area contributed by atoms with Crippen molar-refractivity contribution in [2.24, 2.45) is 0 Å². The van der Waals surface area contributed by atoms with E-state index in [2.05, 4.69) is 43.4 Å². The number of amides is 1. The Balaban J connectivity index is 1.79. The molecule has 2 aromatic rings. The zero-order chi connectivity index (χ0) is 20.5. The standard InChI is InChI=1S/C24H33NO3/c1-6-27-21-12-10-20(11-13-21)8-7-15-25-24(26)19(5)28-23-16-18(4)9-14-22(23)17(2)3/h9-14,16-17,19H,6-8,15H2,1-5H3,(H,25,26). The highest BCUT2D eigenvalue weighted by molar-refractivity contribution is 5.80. The van der Waals surface area contributed by atoms with E-state index in [0.29, 0.717) is 19.1 Å². The van der Waals surface area contributed by atoms with Crippen molar-refractivity contribution >= 4 is 5.91 Å². The second-order valence-electron chi connectivity index (χ2n) is 7.43. The summed E-state index contributed by atoms with van der Waals surface area (Å²) in [4.78, 5) is 12.4. The average molecular weight is 384 g/mol. The fraction of sp³-hybridized carbons (Fsp3) is 0.458. The molecule has 1 amide bonds. The van der Waals surface area contributed by atoms with E-state index in [1.54, 1.807) is 6.92 Å². The van der Waals surface area contributed by atoms with E-state index in [-0.39, 0.29) is 5.91 Å². The minimum Gasteiger partial charge on any atom is -0.494 e. The van der Waals surface area contributed by atoms with Crippen LogP contribution in [0.1, 0.15) is 56.7 Å². The van der Waals surface area contributed by atoms with Crippen molar-refractivity contribution in [2.75, 3.05) is 13.2 Å². The summed E-state index contributed by atoms with van der Waals surface area (Å²) < 4.78 is 11.4. The van der Waals surface area contributed by atoms with Gasteiger partial charge in [0.15, 0.2) is 6.10 Å². The van der Waals surface area contributed by atoms with Crippen LogP contribution in [0.3, 0.4) is 0 Å². The maximum atomic E-state index is 12.4. The van der Waals surface area contributed by atoms with Crippen LogP contribution in [0, 0.1) is 6.92 Å². The lowest BCUT2D eigenvalue weighted by Crippen LogP contribution is -2.37. The van der Waals surface area contributed by atoms with Gasteiger partial charge in [0.25, 0.3) is 5.91 Å². The van der Waals surface area contributed by atoms with Gasteiger partial charge in [-0.25, -0.2) is 0 Å². The summed E-state index contributed by atoms with van der Waals surface area (Å²) in [5.74, 6) is 1.96. The molecule has 2 aromatic carbocycles. The summed E-state index contributed by atoms with van der Waals surface area (Å²) in [6.45, 7) is 11.4. The van der Waals surface area contributed by atoms with Crippen molar-refractivity contribution in [3.63, 3.8) is 0 Å². The zero-order valence-electron chi connectivity index (χ0n) is 17.7. The minimum absolute atomic E-state index is 0.0806. The molecule has 152 valence electrons. The number of hydrogen-bond donors (Lipinski definition) is 1. The first-order chi connectivity index (χ1) is 13.4.